The molecule has 1 atom stereocenters. The molecule has 174 valence electrons. The molecule has 34 heavy (non-hydrogen) atoms. The van der Waals surface area contributed by atoms with Gasteiger partial charge in [-0.05, 0) is 74.9 Å². The number of aliphatic hydroxyl groups is 1. The summed E-state index contributed by atoms with van der Waals surface area (Å²) in [4.78, 5) is 27.9. The minimum atomic E-state index is -0.773. The van der Waals surface area contributed by atoms with Gasteiger partial charge in [0.1, 0.15) is 17.3 Å². The van der Waals surface area contributed by atoms with Crippen molar-refractivity contribution >= 4 is 23.1 Å². The molecule has 4 rings (SSSR count). The van der Waals surface area contributed by atoms with Crippen molar-refractivity contribution in [1.29, 1.82) is 0 Å². The van der Waals surface area contributed by atoms with Crippen LogP contribution in [0.3, 0.4) is 0 Å². The van der Waals surface area contributed by atoms with E-state index < -0.39 is 17.7 Å². The molecule has 0 aliphatic carbocycles. The molecule has 3 aromatic rings. The van der Waals surface area contributed by atoms with Gasteiger partial charge in [-0.25, -0.2) is 0 Å². The summed E-state index contributed by atoms with van der Waals surface area (Å²) in [5.41, 5.74) is 1.74. The summed E-state index contributed by atoms with van der Waals surface area (Å²) in [6.45, 7) is 6.27. The van der Waals surface area contributed by atoms with Crippen molar-refractivity contribution in [2.75, 3.05) is 11.5 Å². The smallest absolute Gasteiger partial charge is 0.300 e. The number of carbonyl (C=O) groups is 2. The molecule has 1 aliphatic rings. The first kappa shape index (κ1) is 23.1. The number of amides is 1. The Morgan fingerprint density at radius 1 is 0.912 bits per heavy atom. The zero-order valence-electron chi connectivity index (χ0n) is 19.4. The van der Waals surface area contributed by atoms with Gasteiger partial charge in [0.15, 0.2) is 0 Å². The minimum absolute atomic E-state index is 0.0125. The van der Waals surface area contributed by atoms with E-state index >= 15 is 0 Å². The quantitative estimate of drug-likeness (QED) is 0.288. The lowest BCUT2D eigenvalue weighted by Crippen LogP contribution is -2.29. The van der Waals surface area contributed by atoms with Gasteiger partial charge in [-0.1, -0.05) is 30.3 Å². The molecule has 0 bridgehead atoms. The van der Waals surface area contributed by atoms with Gasteiger partial charge in [0.2, 0.25) is 0 Å². The Kier molecular flexibility index (Phi) is 6.68. The van der Waals surface area contributed by atoms with E-state index in [1.165, 1.54) is 4.90 Å². The van der Waals surface area contributed by atoms with Crippen LogP contribution in [0.4, 0.5) is 5.69 Å². The van der Waals surface area contributed by atoms with Crippen LogP contribution in [0.15, 0.2) is 84.4 Å². The summed E-state index contributed by atoms with van der Waals surface area (Å²) in [6.07, 6.45) is 0.0125. The number of carbonyl (C=O) groups excluding carboxylic acids is 2. The summed E-state index contributed by atoms with van der Waals surface area (Å²) in [5, 5.41) is 11.2. The molecule has 1 fully saturated rings. The maximum atomic E-state index is 13.2. The van der Waals surface area contributed by atoms with Crippen molar-refractivity contribution in [3.8, 4) is 11.5 Å². The summed E-state index contributed by atoms with van der Waals surface area (Å²) in [6, 6.07) is 22.3. The van der Waals surface area contributed by atoms with E-state index in [-0.39, 0.29) is 17.4 Å². The molecule has 6 heteroatoms. The fraction of sp³-hybridized carbons (Fsp3) is 0.214. The van der Waals surface area contributed by atoms with Crippen LogP contribution in [0.5, 0.6) is 11.5 Å². The first-order valence-electron chi connectivity index (χ1n) is 11.3. The Morgan fingerprint density at radius 2 is 1.53 bits per heavy atom. The van der Waals surface area contributed by atoms with Crippen LogP contribution >= 0.6 is 0 Å². The number of hydrogen-bond acceptors (Lipinski definition) is 5. The molecule has 1 heterocycles. The third kappa shape index (κ3) is 4.53. The monoisotopic (exact) mass is 457 g/mol. The van der Waals surface area contributed by atoms with Crippen LogP contribution in [0.1, 0.15) is 37.9 Å². The van der Waals surface area contributed by atoms with Crippen LogP contribution in [0.2, 0.25) is 0 Å². The van der Waals surface area contributed by atoms with Crippen molar-refractivity contribution < 1.29 is 24.2 Å². The van der Waals surface area contributed by atoms with Crippen molar-refractivity contribution in [3.63, 3.8) is 0 Å². The van der Waals surface area contributed by atoms with E-state index in [1.54, 1.807) is 48.5 Å². The SMILES string of the molecule is CCOc1ccc(/C(O)=C2\C(=O)C(=O)N(c3ccc(OC(C)C)cc3)C2c2ccccc2)cc1. The second kappa shape index (κ2) is 9.83. The zero-order valence-corrected chi connectivity index (χ0v) is 19.4. The van der Waals surface area contributed by atoms with E-state index in [0.717, 1.165) is 5.56 Å². The summed E-state index contributed by atoms with van der Waals surface area (Å²) in [5.74, 6) is -0.331. The molecular formula is C28H27NO5. The van der Waals surface area contributed by atoms with Crippen molar-refractivity contribution in [2.45, 2.75) is 32.9 Å². The number of aliphatic hydroxyl groups excluding tert-OH is 1. The lowest BCUT2D eigenvalue weighted by Gasteiger charge is -2.25. The molecule has 1 saturated heterocycles. The van der Waals surface area contributed by atoms with Gasteiger partial charge in [0, 0.05) is 11.3 Å². The van der Waals surface area contributed by atoms with Gasteiger partial charge in [0.25, 0.3) is 11.7 Å². The van der Waals surface area contributed by atoms with Crippen LogP contribution in [0.25, 0.3) is 5.76 Å². The van der Waals surface area contributed by atoms with Gasteiger partial charge in [-0.15, -0.1) is 0 Å². The topological polar surface area (TPSA) is 76.1 Å². The van der Waals surface area contributed by atoms with Crippen molar-refractivity contribution in [2.24, 2.45) is 0 Å². The minimum Gasteiger partial charge on any atom is -0.507 e. The predicted octanol–water partition coefficient (Wildman–Crippen LogP) is 5.50. The summed E-state index contributed by atoms with van der Waals surface area (Å²) in [7, 11) is 0. The molecule has 0 saturated carbocycles. The second-order valence-corrected chi connectivity index (χ2v) is 8.20. The number of anilines is 1. The van der Waals surface area contributed by atoms with E-state index in [4.69, 9.17) is 9.47 Å². The maximum Gasteiger partial charge on any atom is 0.300 e. The normalized spacial score (nSPS) is 17.3. The third-order valence-corrected chi connectivity index (χ3v) is 5.49. The molecule has 0 spiro atoms. The first-order valence-corrected chi connectivity index (χ1v) is 11.3. The number of ketones is 1. The number of ether oxygens (including phenoxy) is 2. The molecule has 6 nitrogen and oxygen atoms in total. The maximum absolute atomic E-state index is 13.2. The number of nitrogens with zero attached hydrogens (tertiary/aromatic N) is 1. The highest BCUT2D eigenvalue weighted by Gasteiger charge is 2.46. The highest BCUT2D eigenvalue weighted by Crippen LogP contribution is 2.42. The van der Waals surface area contributed by atoms with Gasteiger partial charge < -0.3 is 14.6 Å². The summed E-state index contributed by atoms with van der Waals surface area (Å²) >= 11 is 0. The van der Waals surface area contributed by atoms with Crippen molar-refractivity contribution in [1.82, 2.24) is 0 Å². The van der Waals surface area contributed by atoms with E-state index in [0.29, 0.717) is 29.4 Å². The van der Waals surface area contributed by atoms with Gasteiger partial charge >= 0.3 is 0 Å². The number of benzene rings is 3. The predicted molar refractivity (Wildman–Crippen MR) is 131 cm³/mol. The van der Waals surface area contributed by atoms with E-state index in [9.17, 15) is 14.7 Å². The molecule has 3 aromatic carbocycles. The first-order chi connectivity index (χ1) is 16.4. The second-order valence-electron chi connectivity index (χ2n) is 8.20. The fourth-order valence-electron chi connectivity index (χ4n) is 4.04. The number of Topliss-reactive ketones (excluding diaryl/α,β-unsaturated/α-hetero) is 1. The average molecular weight is 458 g/mol. The highest BCUT2D eigenvalue weighted by molar-refractivity contribution is 6.51. The number of hydrogen-bond donors (Lipinski definition) is 1. The molecule has 0 aromatic heterocycles. The third-order valence-electron chi connectivity index (χ3n) is 5.49. The summed E-state index contributed by atoms with van der Waals surface area (Å²) < 4.78 is 11.2. The van der Waals surface area contributed by atoms with Gasteiger partial charge in [-0.2, -0.15) is 0 Å². The average Bonchev–Trinajstić information content (AvgIpc) is 3.10. The van der Waals surface area contributed by atoms with E-state index in [1.807, 2.05) is 51.1 Å². The Balaban J connectivity index is 1.81. The Labute approximate surface area is 199 Å². The molecule has 0 radical (unpaired) electrons. The van der Waals surface area contributed by atoms with Crippen molar-refractivity contribution in [3.05, 3.63) is 95.6 Å². The molecule has 1 unspecified atom stereocenters. The van der Waals surface area contributed by atoms with Crippen LogP contribution < -0.4 is 14.4 Å². The molecular weight excluding hydrogens is 430 g/mol. The van der Waals surface area contributed by atoms with Gasteiger partial charge in [-0.3, -0.25) is 14.5 Å². The van der Waals surface area contributed by atoms with Crippen LogP contribution in [0, 0.1) is 0 Å². The molecule has 1 aliphatic heterocycles. The highest BCUT2D eigenvalue weighted by atomic mass is 16.5. The Morgan fingerprint density at radius 3 is 2.12 bits per heavy atom. The fourth-order valence-corrected chi connectivity index (χ4v) is 4.04. The van der Waals surface area contributed by atoms with Crippen LogP contribution in [-0.4, -0.2) is 29.5 Å². The van der Waals surface area contributed by atoms with E-state index in [2.05, 4.69) is 0 Å². The van der Waals surface area contributed by atoms with Gasteiger partial charge in [0.05, 0.1) is 24.3 Å². The Hall–Kier alpha value is -4.06. The standard InChI is InChI=1S/C28H27NO5/c1-4-33-22-14-10-20(11-15-22)26(30)24-25(19-8-6-5-7-9-19)29(28(32)27(24)31)21-12-16-23(17-13-21)34-18(2)3/h5-18,25,30H,4H2,1-3H3/b26-24+. The zero-order chi connectivity index (χ0) is 24.2. The lowest BCUT2D eigenvalue weighted by molar-refractivity contribution is -0.132. The molecule has 1 amide bonds. The number of rotatable bonds is 7. The Bertz CT molecular complexity index is 1200. The lowest BCUT2D eigenvalue weighted by atomic mass is 9.95. The molecule has 1 N–H and O–H groups in total. The van der Waals surface area contributed by atoms with Crippen LogP contribution in [-0.2, 0) is 9.59 Å². The largest absolute Gasteiger partial charge is 0.507 e.